The summed E-state index contributed by atoms with van der Waals surface area (Å²) in [6, 6.07) is 12.2. The van der Waals surface area contributed by atoms with Crippen molar-refractivity contribution >= 4 is 46.3 Å². The molecule has 0 radical (unpaired) electrons. The zero-order chi connectivity index (χ0) is 17.8. The van der Waals surface area contributed by atoms with Crippen LogP contribution in [0.1, 0.15) is 10.5 Å². The molecule has 5 nitrogen and oxygen atoms in total. The summed E-state index contributed by atoms with van der Waals surface area (Å²) in [6.07, 6.45) is 1.21. The smallest absolute Gasteiger partial charge is 0.274 e. The summed E-state index contributed by atoms with van der Waals surface area (Å²) >= 11 is 11.8. The Hall–Kier alpha value is -2.70. The Morgan fingerprint density at radius 3 is 2.44 bits per heavy atom. The van der Waals surface area contributed by atoms with E-state index in [1.54, 1.807) is 36.4 Å². The van der Waals surface area contributed by atoms with E-state index in [1.807, 2.05) is 0 Å². The summed E-state index contributed by atoms with van der Waals surface area (Å²) in [5, 5.41) is 6.24. The summed E-state index contributed by atoms with van der Waals surface area (Å²) in [7, 11) is 0. The molecule has 0 fully saturated rings. The lowest BCUT2D eigenvalue weighted by atomic mass is 10.3. The van der Waals surface area contributed by atoms with Crippen LogP contribution in [0.5, 0.6) is 0 Å². The van der Waals surface area contributed by atoms with Crippen LogP contribution >= 0.6 is 23.2 Å². The molecule has 0 spiro atoms. The molecule has 25 heavy (non-hydrogen) atoms. The van der Waals surface area contributed by atoms with Crippen LogP contribution in [0.4, 0.5) is 21.6 Å². The number of anilines is 3. The van der Waals surface area contributed by atoms with Gasteiger partial charge in [-0.2, -0.15) is 0 Å². The lowest BCUT2D eigenvalue weighted by Crippen LogP contribution is -2.14. The molecule has 0 bridgehead atoms. The fraction of sp³-hybridized carbons (Fsp3) is 0. The van der Waals surface area contributed by atoms with Crippen molar-refractivity contribution in [1.82, 2.24) is 9.97 Å². The summed E-state index contributed by atoms with van der Waals surface area (Å²) in [5.41, 5.74) is 0.781. The first-order valence-corrected chi connectivity index (χ1v) is 7.88. The first-order valence-electron chi connectivity index (χ1n) is 7.12. The third-order valence-corrected chi connectivity index (χ3v) is 3.59. The van der Waals surface area contributed by atoms with Crippen LogP contribution in [0.25, 0.3) is 0 Å². The molecule has 126 valence electrons. The van der Waals surface area contributed by atoms with Crippen molar-refractivity contribution in [2.75, 3.05) is 10.6 Å². The van der Waals surface area contributed by atoms with Crippen LogP contribution in [0, 0.1) is 5.82 Å². The second-order valence-electron chi connectivity index (χ2n) is 5.01. The van der Waals surface area contributed by atoms with E-state index < -0.39 is 11.7 Å². The summed E-state index contributed by atoms with van der Waals surface area (Å²) in [4.78, 5) is 20.2. The van der Waals surface area contributed by atoms with Crippen molar-refractivity contribution < 1.29 is 9.18 Å². The lowest BCUT2D eigenvalue weighted by molar-refractivity contribution is 0.102. The summed E-state index contributed by atoms with van der Waals surface area (Å²) < 4.78 is 13.7. The normalized spacial score (nSPS) is 10.4. The Kier molecular flexibility index (Phi) is 5.11. The van der Waals surface area contributed by atoms with Gasteiger partial charge in [-0.1, -0.05) is 35.3 Å². The van der Waals surface area contributed by atoms with Gasteiger partial charge in [0.25, 0.3) is 5.91 Å². The van der Waals surface area contributed by atoms with Crippen molar-refractivity contribution in [2.24, 2.45) is 0 Å². The molecular formula is C17H11Cl2FN4O. The monoisotopic (exact) mass is 376 g/mol. The Balaban J connectivity index is 1.78. The van der Waals surface area contributed by atoms with Crippen molar-refractivity contribution in [3.05, 3.63) is 76.4 Å². The molecule has 0 saturated heterocycles. The number of aromatic nitrogens is 2. The number of hydrogen-bond donors (Lipinski definition) is 2. The number of nitrogens with zero attached hydrogens (tertiary/aromatic N) is 2. The number of benzene rings is 2. The lowest BCUT2D eigenvalue weighted by Gasteiger charge is -2.09. The molecule has 0 atom stereocenters. The number of amides is 1. The maximum atomic E-state index is 13.7. The topological polar surface area (TPSA) is 66.9 Å². The first kappa shape index (κ1) is 17.1. The van der Waals surface area contributed by atoms with Crippen LogP contribution < -0.4 is 10.6 Å². The number of rotatable bonds is 4. The molecule has 0 aliphatic rings. The van der Waals surface area contributed by atoms with Gasteiger partial charge in [0.05, 0.1) is 5.69 Å². The Morgan fingerprint density at radius 2 is 1.72 bits per heavy atom. The molecule has 3 aromatic rings. The molecule has 1 heterocycles. The number of nitrogens with one attached hydrogen (secondary N) is 2. The highest BCUT2D eigenvalue weighted by molar-refractivity contribution is 6.35. The predicted molar refractivity (Wildman–Crippen MR) is 96.1 cm³/mol. The third kappa shape index (κ3) is 4.43. The second-order valence-corrected chi connectivity index (χ2v) is 5.88. The minimum Gasteiger partial charge on any atom is -0.338 e. The second kappa shape index (κ2) is 7.46. The van der Waals surface area contributed by atoms with Gasteiger partial charge in [-0.25, -0.2) is 14.4 Å². The SMILES string of the molecule is O=C(Nc1cc(Cl)cc(Cl)c1)c1cc(Nc2ccccc2F)ncn1. The average molecular weight is 377 g/mol. The van der Waals surface area contributed by atoms with E-state index in [0.29, 0.717) is 15.7 Å². The Morgan fingerprint density at radius 1 is 1.00 bits per heavy atom. The molecule has 0 aliphatic heterocycles. The van der Waals surface area contributed by atoms with E-state index in [0.717, 1.165) is 0 Å². The predicted octanol–water partition coefficient (Wildman–Crippen LogP) is 4.92. The van der Waals surface area contributed by atoms with Gasteiger partial charge in [0.1, 0.15) is 23.7 Å². The van der Waals surface area contributed by atoms with Crippen molar-refractivity contribution in [1.29, 1.82) is 0 Å². The third-order valence-electron chi connectivity index (χ3n) is 3.16. The van der Waals surface area contributed by atoms with Crippen LogP contribution in [-0.4, -0.2) is 15.9 Å². The van der Waals surface area contributed by atoms with Crippen LogP contribution in [0.3, 0.4) is 0 Å². The number of para-hydroxylation sites is 1. The number of hydrogen-bond acceptors (Lipinski definition) is 4. The zero-order valence-electron chi connectivity index (χ0n) is 12.6. The van der Waals surface area contributed by atoms with Gasteiger partial charge in [0, 0.05) is 21.8 Å². The highest BCUT2D eigenvalue weighted by Gasteiger charge is 2.11. The molecule has 1 amide bonds. The van der Waals surface area contributed by atoms with E-state index in [9.17, 15) is 9.18 Å². The number of carbonyl (C=O) groups excluding carboxylic acids is 1. The minimum absolute atomic E-state index is 0.102. The van der Waals surface area contributed by atoms with Crippen LogP contribution in [0.2, 0.25) is 10.0 Å². The molecule has 2 N–H and O–H groups in total. The van der Waals surface area contributed by atoms with E-state index in [1.165, 1.54) is 18.5 Å². The van der Waals surface area contributed by atoms with Crippen molar-refractivity contribution in [2.45, 2.75) is 0 Å². The number of carbonyl (C=O) groups is 1. The minimum atomic E-state index is -0.475. The first-order chi connectivity index (χ1) is 12.0. The van der Waals surface area contributed by atoms with Gasteiger partial charge in [-0.15, -0.1) is 0 Å². The Bertz CT molecular complexity index is 916. The average Bonchev–Trinajstić information content (AvgIpc) is 2.56. The van der Waals surface area contributed by atoms with E-state index >= 15 is 0 Å². The zero-order valence-corrected chi connectivity index (χ0v) is 14.1. The standard InChI is InChI=1S/C17H11Cl2FN4O/c18-10-5-11(19)7-12(6-10)23-17(25)15-8-16(22-9-21-15)24-14-4-2-1-3-13(14)20/h1-9H,(H,23,25)(H,21,22,24). The molecule has 3 rings (SSSR count). The highest BCUT2D eigenvalue weighted by Crippen LogP contribution is 2.23. The fourth-order valence-electron chi connectivity index (χ4n) is 2.07. The maximum absolute atomic E-state index is 13.7. The van der Waals surface area contributed by atoms with Crippen LogP contribution in [-0.2, 0) is 0 Å². The fourth-order valence-corrected chi connectivity index (χ4v) is 2.60. The van der Waals surface area contributed by atoms with E-state index in [2.05, 4.69) is 20.6 Å². The Labute approximate surface area is 152 Å². The van der Waals surface area contributed by atoms with Crippen molar-refractivity contribution in [3.63, 3.8) is 0 Å². The van der Waals surface area contributed by atoms with Gasteiger partial charge >= 0.3 is 0 Å². The molecule has 0 aliphatic carbocycles. The van der Waals surface area contributed by atoms with Gasteiger partial charge in [-0.3, -0.25) is 4.79 Å². The van der Waals surface area contributed by atoms with E-state index in [4.69, 9.17) is 23.2 Å². The van der Waals surface area contributed by atoms with Crippen molar-refractivity contribution in [3.8, 4) is 0 Å². The number of halogens is 3. The van der Waals surface area contributed by atoms with Crippen LogP contribution in [0.15, 0.2) is 54.9 Å². The van der Waals surface area contributed by atoms with Gasteiger partial charge in [-0.05, 0) is 30.3 Å². The van der Waals surface area contributed by atoms with Gasteiger partial charge in [0.2, 0.25) is 0 Å². The quantitative estimate of drug-likeness (QED) is 0.678. The molecule has 2 aromatic carbocycles. The summed E-state index contributed by atoms with van der Waals surface area (Å²) in [6.45, 7) is 0. The summed E-state index contributed by atoms with van der Waals surface area (Å²) in [5.74, 6) is -0.618. The van der Waals surface area contributed by atoms with Gasteiger partial charge in [0.15, 0.2) is 0 Å². The largest absolute Gasteiger partial charge is 0.338 e. The highest BCUT2D eigenvalue weighted by atomic mass is 35.5. The maximum Gasteiger partial charge on any atom is 0.274 e. The van der Waals surface area contributed by atoms with Gasteiger partial charge < -0.3 is 10.6 Å². The molecule has 8 heteroatoms. The molecule has 0 unspecified atom stereocenters. The van der Waals surface area contributed by atoms with E-state index in [-0.39, 0.29) is 17.2 Å². The molecule has 1 aromatic heterocycles. The molecular weight excluding hydrogens is 366 g/mol. The molecule has 0 saturated carbocycles.